The second-order valence-corrected chi connectivity index (χ2v) is 7.22. The summed E-state index contributed by atoms with van der Waals surface area (Å²) in [7, 11) is 0. The number of aromatic nitrogens is 1. The fourth-order valence-corrected chi connectivity index (χ4v) is 3.40. The standard InChI is InChI=1S/C17H17N3O2S2/c1-12-19-14(11-24-12)10-22-15-4-2-3-13(9-15)5-6-16(21)20-17-18-7-8-23-17/h2-6,9,11H,7-8,10H2,1H3,(H,18,20,21)/b6-5+. The molecule has 3 rings (SSSR count). The van der Waals surface area contributed by atoms with Crippen molar-refractivity contribution in [1.29, 1.82) is 0 Å². The van der Waals surface area contributed by atoms with E-state index >= 15 is 0 Å². The van der Waals surface area contributed by atoms with Crippen LogP contribution in [0.1, 0.15) is 16.3 Å². The molecule has 0 spiro atoms. The lowest BCUT2D eigenvalue weighted by Gasteiger charge is -2.05. The average Bonchev–Trinajstić information content (AvgIpc) is 3.23. The number of aryl methyl sites for hydroxylation is 1. The highest BCUT2D eigenvalue weighted by molar-refractivity contribution is 8.14. The number of amidine groups is 1. The molecule has 1 amide bonds. The Morgan fingerprint density at radius 2 is 2.38 bits per heavy atom. The summed E-state index contributed by atoms with van der Waals surface area (Å²) in [6.45, 7) is 3.18. The van der Waals surface area contributed by atoms with Gasteiger partial charge < -0.3 is 10.1 Å². The Labute approximate surface area is 148 Å². The molecule has 1 aliphatic rings. The Bertz CT molecular complexity index is 784. The van der Waals surface area contributed by atoms with Gasteiger partial charge in [0.2, 0.25) is 5.91 Å². The predicted octanol–water partition coefficient (Wildman–Crippen LogP) is 3.26. The SMILES string of the molecule is Cc1nc(COc2cccc(/C=C/C(=O)NC3=NCCS3)c2)cs1. The summed E-state index contributed by atoms with van der Waals surface area (Å²) in [6, 6.07) is 7.60. The molecule has 1 aromatic heterocycles. The number of benzene rings is 1. The molecule has 7 heteroatoms. The maximum atomic E-state index is 11.8. The highest BCUT2D eigenvalue weighted by Gasteiger charge is 2.08. The van der Waals surface area contributed by atoms with Crippen molar-refractivity contribution in [2.24, 2.45) is 4.99 Å². The van der Waals surface area contributed by atoms with E-state index in [-0.39, 0.29) is 5.91 Å². The highest BCUT2D eigenvalue weighted by atomic mass is 32.2. The molecule has 1 aliphatic heterocycles. The van der Waals surface area contributed by atoms with Crippen molar-refractivity contribution in [3.05, 3.63) is 52.0 Å². The summed E-state index contributed by atoms with van der Waals surface area (Å²) in [5.74, 6) is 1.50. The number of nitrogens with one attached hydrogen (secondary N) is 1. The molecule has 5 nitrogen and oxygen atoms in total. The van der Waals surface area contributed by atoms with Crippen molar-refractivity contribution in [1.82, 2.24) is 10.3 Å². The summed E-state index contributed by atoms with van der Waals surface area (Å²) in [6.07, 6.45) is 3.26. The first-order chi connectivity index (χ1) is 11.7. The van der Waals surface area contributed by atoms with Gasteiger partial charge in [-0.3, -0.25) is 9.79 Å². The van der Waals surface area contributed by atoms with Gasteiger partial charge in [-0.1, -0.05) is 23.9 Å². The van der Waals surface area contributed by atoms with Crippen LogP contribution in [0.2, 0.25) is 0 Å². The molecule has 0 fully saturated rings. The zero-order chi connectivity index (χ0) is 16.8. The first-order valence-corrected chi connectivity index (χ1v) is 9.36. The number of carbonyl (C=O) groups is 1. The van der Waals surface area contributed by atoms with E-state index in [4.69, 9.17) is 4.74 Å². The molecule has 1 aromatic carbocycles. The van der Waals surface area contributed by atoms with E-state index in [1.54, 1.807) is 29.2 Å². The second-order valence-electron chi connectivity index (χ2n) is 5.08. The van der Waals surface area contributed by atoms with E-state index in [0.29, 0.717) is 11.8 Å². The van der Waals surface area contributed by atoms with E-state index in [1.807, 2.05) is 36.6 Å². The third-order valence-corrected chi connectivity index (χ3v) is 4.87. The van der Waals surface area contributed by atoms with Crippen LogP contribution in [0.15, 0.2) is 40.7 Å². The Morgan fingerprint density at radius 1 is 1.46 bits per heavy atom. The smallest absolute Gasteiger partial charge is 0.249 e. The highest BCUT2D eigenvalue weighted by Crippen LogP contribution is 2.17. The number of amides is 1. The van der Waals surface area contributed by atoms with E-state index in [0.717, 1.165) is 34.3 Å². The molecule has 0 aliphatic carbocycles. The average molecular weight is 359 g/mol. The first kappa shape index (κ1) is 16.7. The Hall–Kier alpha value is -2.12. The van der Waals surface area contributed by atoms with E-state index in [9.17, 15) is 4.79 Å². The molecule has 124 valence electrons. The minimum Gasteiger partial charge on any atom is -0.487 e. The van der Waals surface area contributed by atoms with Crippen molar-refractivity contribution < 1.29 is 9.53 Å². The molecule has 0 atom stereocenters. The molecule has 0 unspecified atom stereocenters. The second kappa shape index (κ2) is 8.12. The zero-order valence-corrected chi connectivity index (χ0v) is 14.8. The molecule has 1 N–H and O–H groups in total. The van der Waals surface area contributed by atoms with Gasteiger partial charge >= 0.3 is 0 Å². The molecular weight excluding hydrogens is 342 g/mol. The van der Waals surface area contributed by atoms with E-state index in [1.165, 1.54) is 6.08 Å². The van der Waals surface area contributed by atoms with Crippen LogP contribution in [0.4, 0.5) is 0 Å². The van der Waals surface area contributed by atoms with Crippen LogP contribution in [0.3, 0.4) is 0 Å². The number of rotatable bonds is 5. The summed E-state index contributed by atoms with van der Waals surface area (Å²) < 4.78 is 5.75. The fraction of sp³-hybridized carbons (Fsp3) is 0.235. The maximum absolute atomic E-state index is 11.8. The lowest BCUT2D eigenvalue weighted by Crippen LogP contribution is -2.25. The van der Waals surface area contributed by atoms with Crippen molar-refractivity contribution in [3.8, 4) is 5.75 Å². The number of thioether (sulfide) groups is 1. The lowest BCUT2D eigenvalue weighted by molar-refractivity contribution is -0.115. The molecule has 24 heavy (non-hydrogen) atoms. The summed E-state index contributed by atoms with van der Waals surface area (Å²) in [5, 5.41) is 6.48. The third-order valence-electron chi connectivity index (χ3n) is 3.15. The van der Waals surface area contributed by atoms with Crippen LogP contribution in [0.5, 0.6) is 5.75 Å². The molecular formula is C17H17N3O2S2. The van der Waals surface area contributed by atoms with Gasteiger partial charge in [-0.2, -0.15) is 0 Å². The predicted molar refractivity (Wildman–Crippen MR) is 99.6 cm³/mol. The molecule has 2 aromatic rings. The summed E-state index contributed by atoms with van der Waals surface area (Å²) in [4.78, 5) is 20.4. The van der Waals surface area contributed by atoms with Crippen LogP contribution in [0, 0.1) is 6.92 Å². The van der Waals surface area contributed by atoms with Crippen LogP contribution >= 0.6 is 23.1 Å². The number of hydrogen-bond acceptors (Lipinski definition) is 6. The number of nitrogens with zero attached hydrogens (tertiary/aromatic N) is 2. The maximum Gasteiger partial charge on any atom is 0.249 e. The van der Waals surface area contributed by atoms with Gasteiger partial charge in [-0.15, -0.1) is 11.3 Å². The fourth-order valence-electron chi connectivity index (χ4n) is 2.07. The molecule has 2 heterocycles. The van der Waals surface area contributed by atoms with Gasteiger partial charge in [0, 0.05) is 17.2 Å². The lowest BCUT2D eigenvalue weighted by atomic mass is 10.2. The Balaban J connectivity index is 1.56. The number of ether oxygens (including phenoxy) is 1. The summed E-state index contributed by atoms with van der Waals surface area (Å²) >= 11 is 3.17. The number of aliphatic imine (C=N–C) groups is 1. The van der Waals surface area contributed by atoms with Crippen LogP contribution < -0.4 is 10.1 Å². The Morgan fingerprint density at radius 3 is 3.12 bits per heavy atom. The minimum atomic E-state index is -0.174. The number of thiazole rings is 1. The first-order valence-electron chi connectivity index (χ1n) is 7.49. The van der Waals surface area contributed by atoms with Gasteiger partial charge in [-0.05, 0) is 30.7 Å². The number of carbonyl (C=O) groups excluding carboxylic acids is 1. The largest absolute Gasteiger partial charge is 0.487 e. The van der Waals surface area contributed by atoms with Gasteiger partial charge in [0.1, 0.15) is 12.4 Å². The van der Waals surface area contributed by atoms with Gasteiger partial charge in [0.15, 0.2) is 5.17 Å². The quantitative estimate of drug-likeness (QED) is 0.832. The monoisotopic (exact) mass is 359 g/mol. The van der Waals surface area contributed by atoms with Gasteiger partial charge in [-0.25, -0.2) is 4.98 Å². The molecule has 0 radical (unpaired) electrons. The van der Waals surface area contributed by atoms with Crippen LogP contribution in [-0.2, 0) is 11.4 Å². The zero-order valence-electron chi connectivity index (χ0n) is 13.2. The molecule has 0 saturated heterocycles. The third kappa shape index (κ3) is 4.94. The molecule has 0 saturated carbocycles. The van der Waals surface area contributed by atoms with Crippen LogP contribution in [-0.4, -0.2) is 28.4 Å². The topological polar surface area (TPSA) is 63.6 Å². The molecule has 0 bridgehead atoms. The van der Waals surface area contributed by atoms with E-state index < -0.39 is 0 Å². The minimum absolute atomic E-state index is 0.174. The van der Waals surface area contributed by atoms with Crippen molar-refractivity contribution in [2.75, 3.05) is 12.3 Å². The number of hydrogen-bond donors (Lipinski definition) is 1. The van der Waals surface area contributed by atoms with Crippen LogP contribution in [0.25, 0.3) is 6.08 Å². The van der Waals surface area contributed by atoms with Gasteiger partial charge in [0.05, 0.1) is 17.2 Å². The summed E-state index contributed by atoms with van der Waals surface area (Å²) in [5.41, 5.74) is 1.82. The van der Waals surface area contributed by atoms with E-state index in [2.05, 4.69) is 15.3 Å². The normalized spacial score (nSPS) is 14.0. The van der Waals surface area contributed by atoms with Gasteiger partial charge in [0.25, 0.3) is 0 Å². The Kier molecular flexibility index (Phi) is 5.66. The van der Waals surface area contributed by atoms with Crippen molar-refractivity contribution in [3.63, 3.8) is 0 Å². The van der Waals surface area contributed by atoms with Crippen molar-refractivity contribution >= 4 is 40.2 Å². The van der Waals surface area contributed by atoms with Crippen molar-refractivity contribution in [2.45, 2.75) is 13.5 Å².